The van der Waals surface area contributed by atoms with Crippen LogP contribution in [0.4, 0.5) is 5.82 Å². The smallest absolute Gasteiger partial charge is 0.141 e. The Hall–Kier alpha value is -2.53. The van der Waals surface area contributed by atoms with Gasteiger partial charge >= 0.3 is 0 Å². The van der Waals surface area contributed by atoms with Gasteiger partial charge in [0.25, 0.3) is 0 Å². The summed E-state index contributed by atoms with van der Waals surface area (Å²) in [4.78, 5) is 9.42. The third-order valence-electron chi connectivity index (χ3n) is 5.24. The zero-order valence-electron chi connectivity index (χ0n) is 16.6. The number of aryl methyl sites for hydroxylation is 1. The molecular weight excluding hydrogens is 374 g/mol. The van der Waals surface area contributed by atoms with Gasteiger partial charge in [-0.25, -0.2) is 4.98 Å². The lowest BCUT2D eigenvalue weighted by atomic mass is 10.0. The summed E-state index contributed by atoms with van der Waals surface area (Å²) in [6.45, 7) is 4.91. The summed E-state index contributed by atoms with van der Waals surface area (Å²) >= 11 is 6.69. The van der Waals surface area contributed by atoms with Gasteiger partial charge in [0.2, 0.25) is 0 Å². The molecule has 0 bridgehead atoms. The molecule has 1 N–H and O–H groups in total. The van der Waals surface area contributed by atoms with E-state index in [-0.39, 0.29) is 0 Å². The van der Waals surface area contributed by atoms with Crippen LogP contribution in [0.25, 0.3) is 22.0 Å². The fourth-order valence-corrected chi connectivity index (χ4v) is 3.81. The van der Waals surface area contributed by atoms with Crippen molar-refractivity contribution in [1.82, 2.24) is 9.97 Å². The standard InChI is InChI=1S/C22H24ClN3O2/c1-12-7-16-15(11-24-12)8-17(26-22(16)25-10-14-5-6-14)20-13(2)18(27-3)9-19(28-4)21(20)23/h7-9,11,14H,5-6,10H2,1-4H3,(H,25,26). The summed E-state index contributed by atoms with van der Waals surface area (Å²) in [6, 6.07) is 5.90. The highest BCUT2D eigenvalue weighted by molar-refractivity contribution is 6.35. The van der Waals surface area contributed by atoms with Crippen molar-refractivity contribution in [2.75, 3.05) is 26.1 Å². The van der Waals surface area contributed by atoms with Crippen LogP contribution in [0.2, 0.25) is 5.02 Å². The van der Waals surface area contributed by atoms with Crippen LogP contribution in [0.3, 0.4) is 0 Å². The summed E-state index contributed by atoms with van der Waals surface area (Å²) in [5.41, 5.74) is 3.48. The quantitative estimate of drug-likeness (QED) is 0.603. The molecule has 146 valence electrons. The number of hydrogen-bond acceptors (Lipinski definition) is 5. The monoisotopic (exact) mass is 397 g/mol. The maximum atomic E-state index is 6.69. The molecular formula is C22H24ClN3O2. The number of halogens is 1. The number of ether oxygens (including phenoxy) is 2. The molecule has 0 aliphatic heterocycles. The van der Waals surface area contributed by atoms with Crippen LogP contribution < -0.4 is 14.8 Å². The van der Waals surface area contributed by atoms with Crippen LogP contribution in [-0.2, 0) is 0 Å². The molecule has 0 spiro atoms. The fourth-order valence-electron chi connectivity index (χ4n) is 3.44. The number of methoxy groups -OCH3 is 2. The van der Waals surface area contributed by atoms with Gasteiger partial charge in [-0.1, -0.05) is 11.6 Å². The number of aromatic nitrogens is 2. The fraction of sp³-hybridized carbons (Fsp3) is 0.364. The lowest BCUT2D eigenvalue weighted by Gasteiger charge is -2.17. The van der Waals surface area contributed by atoms with Crippen molar-refractivity contribution in [2.24, 2.45) is 5.92 Å². The topological polar surface area (TPSA) is 56.3 Å². The van der Waals surface area contributed by atoms with Crippen molar-refractivity contribution in [2.45, 2.75) is 26.7 Å². The second-order valence-corrected chi connectivity index (χ2v) is 7.70. The highest BCUT2D eigenvalue weighted by atomic mass is 35.5. The Labute approximate surface area is 170 Å². The molecule has 0 unspecified atom stereocenters. The normalized spacial score (nSPS) is 13.6. The summed E-state index contributed by atoms with van der Waals surface area (Å²) in [5, 5.41) is 6.16. The van der Waals surface area contributed by atoms with E-state index >= 15 is 0 Å². The van der Waals surface area contributed by atoms with Crippen LogP contribution in [0.1, 0.15) is 24.1 Å². The number of pyridine rings is 2. The van der Waals surface area contributed by atoms with Gasteiger partial charge in [-0.2, -0.15) is 0 Å². The summed E-state index contributed by atoms with van der Waals surface area (Å²) in [7, 11) is 3.24. The van der Waals surface area contributed by atoms with Gasteiger partial charge in [0.05, 0.1) is 24.9 Å². The molecule has 1 aliphatic carbocycles. The van der Waals surface area contributed by atoms with E-state index in [4.69, 9.17) is 26.1 Å². The van der Waals surface area contributed by atoms with Gasteiger partial charge in [-0.05, 0) is 44.7 Å². The van der Waals surface area contributed by atoms with Gasteiger partial charge in [0.15, 0.2) is 0 Å². The third kappa shape index (κ3) is 3.47. The number of nitrogens with zero attached hydrogens (tertiary/aromatic N) is 2. The molecule has 4 rings (SSSR count). The Morgan fingerprint density at radius 2 is 1.86 bits per heavy atom. The molecule has 28 heavy (non-hydrogen) atoms. The van der Waals surface area contributed by atoms with E-state index in [0.29, 0.717) is 16.5 Å². The zero-order valence-corrected chi connectivity index (χ0v) is 17.4. The van der Waals surface area contributed by atoms with Gasteiger partial charge in [0.1, 0.15) is 17.3 Å². The van der Waals surface area contributed by atoms with Crippen molar-refractivity contribution in [3.63, 3.8) is 0 Å². The molecule has 2 heterocycles. The molecule has 0 amide bonds. The van der Waals surface area contributed by atoms with E-state index in [1.807, 2.05) is 26.1 Å². The van der Waals surface area contributed by atoms with Gasteiger partial charge in [0, 0.05) is 46.4 Å². The minimum absolute atomic E-state index is 0.529. The average Bonchev–Trinajstić information content (AvgIpc) is 3.51. The predicted molar refractivity (Wildman–Crippen MR) is 114 cm³/mol. The van der Waals surface area contributed by atoms with E-state index in [2.05, 4.69) is 16.4 Å². The highest BCUT2D eigenvalue weighted by Gasteiger charge is 2.23. The number of fused-ring (bicyclic) bond motifs is 1. The number of rotatable bonds is 6. The molecule has 5 nitrogen and oxygen atoms in total. The molecule has 1 aliphatic rings. The van der Waals surface area contributed by atoms with Crippen molar-refractivity contribution >= 4 is 28.2 Å². The first-order chi connectivity index (χ1) is 13.5. The number of hydrogen-bond donors (Lipinski definition) is 1. The number of anilines is 1. The zero-order chi connectivity index (χ0) is 19.8. The minimum atomic E-state index is 0.529. The predicted octanol–water partition coefficient (Wildman–Crippen LogP) is 5.41. The second-order valence-electron chi connectivity index (χ2n) is 7.32. The molecule has 1 aromatic carbocycles. The SMILES string of the molecule is COc1cc(OC)c(Cl)c(-c2cc3cnc(C)cc3c(NCC3CC3)n2)c1C. The Bertz CT molecular complexity index is 1020. The summed E-state index contributed by atoms with van der Waals surface area (Å²) < 4.78 is 11.0. The Morgan fingerprint density at radius 1 is 1.11 bits per heavy atom. The molecule has 2 aromatic heterocycles. The van der Waals surface area contributed by atoms with Crippen LogP contribution in [0.15, 0.2) is 24.4 Å². The van der Waals surface area contributed by atoms with Gasteiger partial charge in [-0.3, -0.25) is 4.98 Å². The molecule has 0 atom stereocenters. The second kappa shape index (κ2) is 7.47. The van der Waals surface area contributed by atoms with Crippen LogP contribution in [0.5, 0.6) is 11.5 Å². The molecule has 3 aromatic rings. The highest BCUT2D eigenvalue weighted by Crippen LogP contribution is 2.43. The van der Waals surface area contributed by atoms with Gasteiger partial charge in [-0.15, -0.1) is 0 Å². The van der Waals surface area contributed by atoms with E-state index in [1.54, 1.807) is 20.3 Å². The first-order valence-electron chi connectivity index (χ1n) is 9.44. The van der Waals surface area contributed by atoms with E-state index in [0.717, 1.165) is 51.6 Å². The lowest BCUT2D eigenvalue weighted by Crippen LogP contribution is -2.07. The van der Waals surface area contributed by atoms with E-state index in [9.17, 15) is 0 Å². The van der Waals surface area contributed by atoms with Crippen molar-refractivity contribution in [3.8, 4) is 22.8 Å². The van der Waals surface area contributed by atoms with Gasteiger partial charge < -0.3 is 14.8 Å². The summed E-state index contributed by atoms with van der Waals surface area (Å²) in [5.74, 6) is 2.89. The maximum absolute atomic E-state index is 6.69. The molecule has 0 radical (unpaired) electrons. The largest absolute Gasteiger partial charge is 0.496 e. The molecule has 6 heteroatoms. The first-order valence-corrected chi connectivity index (χ1v) is 9.82. The maximum Gasteiger partial charge on any atom is 0.141 e. The summed E-state index contributed by atoms with van der Waals surface area (Å²) in [6.07, 6.45) is 4.45. The van der Waals surface area contributed by atoms with E-state index < -0.39 is 0 Å². The average molecular weight is 398 g/mol. The Kier molecular flexibility index (Phi) is 5.02. The van der Waals surface area contributed by atoms with Crippen LogP contribution in [-0.4, -0.2) is 30.7 Å². The molecule has 1 saturated carbocycles. The lowest BCUT2D eigenvalue weighted by molar-refractivity contribution is 0.393. The number of benzene rings is 1. The first kappa shape index (κ1) is 18.8. The number of nitrogens with one attached hydrogen (secondary N) is 1. The minimum Gasteiger partial charge on any atom is -0.496 e. The van der Waals surface area contributed by atoms with Crippen molar-refractivity contribution in [1.29, 1.82) is 0 Å². The Morgan fingerprint density at radius 3 is 2.54 bits per heavy atom. The van der Waals surface area contributed by atoms with E-state index in [1.165, 1.54) is 12.8 Å². The molecule has 0 saturated heterocycles. The molecule has 1 fully saturated rings. The van der Waals surface area contributed by atoms with Crippen molar-refractivity contribution in [3.05, 3.63) is 40.7 Å². The van der Waals surface area contributed by atoms with Crippen LogP contribution >= 0.6 is 11.6 Å². The Balaban J connectivity index is 1.92. The van der Waals surface area contributed by atoms with Crippen LogP contribution in [0, 0.1) is 19.8 Å². The third-order valence-corrected chi connectivity index (χ3v) is 5.62. The van der Waals surface area contributed by atoms with Crippen molar-refractivity contribution < 1.29 is 9.47 Å².